The molecular formula is C23H24N2O6. The molecule has 8 nitrogen and oxygen atoms in total. The van der Waals surface area contributed by atoms with Gasteiger partial charge < -0.3 is 25.2 Å². The van der Waals surface area contributed by atoms with Crippen LogP contribution in [0.5, 0.6) is 0 Å². The number of rotatable bonds is 9. The van der Waals surface area contributed by atoms with Gasteiger partial charge >= 0.3 is 18.2 Å². The van der Waals surface area contributed by atoms with E-state index in [1.54, 1.807) is 0 Å². The standard InChI is InChI=1S/C23H24N2O6/c1-2-13-30-23(29)25-20(21(26)27)11-12-24-22(28)31-14-19-17-9-5-3-7-15(17)16-8-4-6-10-18(16)19/h2-10,19-20H,1,11-14H2,(H,24,28)(H,25,29)(H,26,27)/t20-/m0/s1. The third kappa shape index (κ3) is 5.42. The molecular weight excluding hydrogens is 400 g/mol. The maximum absolute atomic E-state index is 12.1. The summed E-state index contributed by atoms with van der Waals surface area (Å²) < 4.78 is 10.1. The Labute approximate surface area is 179 Å². The molecule has 0 saturated carbocycles. The van der Waals surface area contributed by atoms with Crippen molar-refractivity contribution < 1.29 is 29.0 Å². The second-order valence-corrected chi connectivity index (χ2v) is 6.96. The number of carbonyl (C=O) groups excluding carboxylic acids is 2. The van der Waals surface area contributed by atoms with E-state index in [9.17, 15) is 19.5 Å². The summed E-state index contributed by atoms with van der Waals surface area (Å²) in [6.07, 6.45) is -0.176. The van der Waals surface area contributed by atoms with Crippen molar-refractivity contribution >= 4 is 18.2 Å². The number of hydrogen-bond acceptors (Lipinski definition) is 5. The van der Waals surface area contributed by atoms with Crippen LogP contribution in [0.2, 0.25) is 0 Å². The summed E-state index contributed by atoms with van der Waals surface area (Å²) in [5.41, 5.74) is 4.46. The van der Waals surface area contributed by atoms with Crippen LogP contribution < -0.4 is 10.6 Å². The predicted molar refractivity (Wildman–Crippen MR) is 114 cm³/mol. The van der Waals surface area contributed by atoms with Crippen molar-refractivity contribution in [3.05, 3.63) is 72.3 Å². The predicted octanol–water partition coefficient (Wildman–Crippen LogP) is 3.28. The van der Waals surface area contributed by atoms with Crippen LogP contribution in [0, 0.1) is 0 Å². The van der Waals surface area contributed by atoms with E-state index in [4.69, 9.17) is 9.47 Å². The SMILES string of the molecule is C=CCOC(=O)N[C@@H](CCNC(=O)OCC1c2ccccc2-c2ccccc21)C(=O)O. The largest absolute Gasteiger partial charge is 0.480 e. The highest BCUT2D eigenvalue weighted by Gasteiger charge is 2.29. The van der Waals surface area contributed by atoms with Gasteiger partial charge in [0.1, 0.15) is 19.3 Å². The first-order chi connectivity index (χ1) is 15.0. The fourth-order valence-electron chi connectivity index (χ4n) is 3.54. The Kier molecular flexibility index (Phi) is 7.26. The van der Waals surface area contributed by atoms with Crippen LogP contribution in [-0.2, 0) is 14.3 Å². The number of carbonyl (C=O) groups is 3. The topological polar surface area (TPSA) is 114 Å². The summed E-state index contributed by atoms with van der Waals surface area (Å²) in [7, 11) is 0. The van der Waals surface area contributed by atoms with Gasteiger partial charge in [-0.2, -0.15) is 0 Å². The molecule has 1 aliphatic carbocycles. The first-order valence-corrected chi connectivity index (χ1v) is 9.87. The second-order valence-electron chi connectivity index (χ2n) is 6.96. The maximum atomic E-state index is 12.1. The zero-order valence-electron chi connectivity index (χ0n) is 16.9. The van der Waals surface area contributed by atoms with E-state index in [-0.39, 0.29) is 32.1 Å². The number of amides is 2. The monoisotopic (exact) mass is 424 g/mol. The molecule has 3 rings (SSSR count). The smallest absolute Gasteiger partial charge is 0.408 e. The van der Waals surface area contributed by atoms with Crippen molar-refractivity contribution in [2.45, 2.75) is 18.4 Å². The Bertz CT molecular complexity index is 929. The van der Waals surface area contributed by atoms with Gasteiger partial charge in [-0.15, -0.1) is 0 Å². The van der Waals surface area contributed by atoms with Crippen molar-refractivity contribution in [2.24, 2.45) is 0 Å². The molecule has 0 spiro atoms. The number of carboxylic acid groups (broad SMARTS) is 1. The van der Waals surface area contributed by atoms with E-state index in [1.165, 1.54) is 6.08 Å². The van der Waals surface area contributed by atoms with E-state index >= 15 is 0 Å². The lowest BCUT2D eigenvalue weighted by molar-refractivity contribution is -0.139. The molecule has 31 heavy (non-hydrogen) atoms. The molecule has 2 amide bonds. The van der Waals surface area contributed by atoms with Gasteiger partial charge in [-0.3, -0.25) is 0 Å². The van der Waals surface area contributed by atoms with Crippen molar-refractivity contribution in [3.8, 4) is 11.1 Å². The first kappa shape index (κ1) is 21.9. The number of fused-ring (bicyclic) bond motifs is 3. The minimum atomic E-state index is -1.23. The highest BCUT2D eigenvalue weighted by Crippen LogP contribution is 2.44. The van der Waals surface area contributed by atoms with Gasteiger partial charge in [0.05, 0.1) is 0 Å². The van der Waals surface area contributed by atoms with Gasteiger partial charge in [0.15, 0.2) is 0 Å². The van der Waals surface area contributed by atoms with E-state index in [0.717, 1.165) is 22.3 Å². The summed E-state index contributed by atoms with van der Waals surface area (Å²) in [5.74, 6) is -1.30. The van der Waals surface area contributed by atoms with E-state index in [2.05, 4.69) is 17.2 Å². The van der Waals surface area contributed by atoms with Crippen LogP contribution >= 0.6 is 0 Å². The quantitative estimate of drug-likeness (QED) is 0.533. The number of hydrogen-bond donors (Lipinski definition) is 3. The van der Waals surface area contributed by atoms with E-state index < -0.39 is 24.2 Å². The van der Waals surface area contributed by atoms with Crippen LogP contribution in [0.4, 0.5) is 9.59 Å². The van der Waals surface area contributed by atoms with E-state index in [1.807, 2.05) is 48.5 Å². The Balaban J connectivity index is 1.50. The van der Waals surface area contributed by atoms with Crippen molar-refractivity contribution in [1.82, 2.24) is 10.6 Å². The lowest BCUT2D eigenvalue weighted by atomic mass is 9.98. The third-order valence-corrected chi connectivity index (χ3v) is 4.97. The highest BCUT2D eigenvalue weighted by molar-refractivity contribution is 5.80. The van der Waals surface area contributed by atoms with Crippen LogP contribution in [-0.4, -0.2) is 49.1 Å². The van der Waals surface area contributed by atoms with Gasteiger partial charge in [0.25, 0.3) is 0 Å². The lowest BCUT2D eigenvalue weighted by Crippen LogP contribution is -2.43. The first-order valence-electron chi connectivity index (χ1n) is 9.87. The fourth-order valence-corrected chi connectivity index (χ4v) is 3.54. The number of alkyl carbamates (subject to hydrolysis) is 2. The van der Waals surface area contributed by atoms with Crippen LogP contribution in [0.3, 0.4) is 0 Å². The summed E-state index contributed by atoms with van der Waals surface area (Å²) in [6, 6.07) is 14.8. The molecule has 0 fully saturated rings. The number of carboxylic acids is 1. The maximum Gasteiger partial charge on any atom is 0.408 e. The molecule has 0 unspecified atom stereocenters. The summed E-state index contributed by atoms with van der Waals surface area (Å²) in [5, 5.41) is 14.0. The van der Waals surface area contributed by atoms with Crippen molar-refractivity contribution in [1.29, 1.82) is 0 Å². The summed E-state index contributed by atoms with van der Waals surface area (Å²) in [4.78, 5) is 34.9. The summed E-state index contributed by atoms with van der Waals surface area (Å²) in [6.45, 7) is 3.54. The molecule has 0 saturated heterocycles. The lowest BCUT2D eigenvalue weighted by Gasteiger charge is -2.16. The molecule has 0 bridgehead atoms. The molecule has 2 aromatic carbocycles. The zero-order chi connectivity index (χ0) is 22.2. The number of ether oxygens (including phenoxy) is 2. The molecule has 0 aliphatic heterocycles. The van der Waals surface area contributed by atoms with Crippen molar-refractivity contribution in [3.63, 3.8) is 0 Å². The Morgan fingerprint density at radius 2 is 1.61 bits per heavy atom. The molecule has 8 heteroatoms. The van der Waals surface area contributed by atoms with E-state index in [0.29, 0.717) is 0 Å². The highest BCUT2D eigenvalue weighted by atomic mass is 16.6. The fraction of sp³-hybridized carbons (Fsp3) is 0.261. The normalized spacial score (nSPS) is 12.8. The van der Waals surface area contributed by atoms with Crippen LogP contribution in [0.1, 0.15) is 23.5 Å². The summed E-state index contributed by atoms with van der Waals surface area (Å²) >= 11 is 0. The number of aliphatic carboxylic acids is 1. The molecule has 3 N–H and O–H groups in total. The molecule has 0 aromatic heterocycles. The van der Waals surface area contributed by atoms with Crippen LogP contribution in [0.25, 0.3) is 11.1 Å². The molecule has 1 atom stereocenters. The number of benzene rings is 2. The van der Waals surface area contributed by atoms with Gasteiger partial charge in [-0.05, 0) is 28.7 Å². The second kappa shape index (κ2) is 10.3. The third-order valence-electron chi connectivity index (χ3n) is 4.97. The molecule has 162 valence electrons. The molecule has 0 radical (unpaired) electrons. The molecule has 1 aliphatic rings. The van der Waals surface area contributed by atoms with Crippen molar-refractivity contribution in [2.75, 3.05) is 19.8 Å². The minimum absolute atomic E-state index is 0.00930. The van der Waals surface area contributed by atoms with Gasteiger partial charge in [0, 0.05) is 12.5 Å². The molecule has 2 aromatic rings. The number of nitrogens with one attached hydrogen (secondary N) is 2. The minimum Gasteiger partial charge on any atom is -0.480 e. The Morgan fingerprint density at radius 1 is 1.00 bits per heavy atom. The Hall–Kier alpha value is -3.81. The van der Waals surface area contributed by atoms with Crippen LogP contribution in [0.15, 0.2) is 61.2 Å². The average molecular weight is 424 g/mol. The van der Waals surface area contributed by atoms with Gasteiger partial charge in [-0.1, -0.05) is 61.2 Å². The molecule has 0 heterocycles. The Morgan fingerprint density at radius 3 is 2.19 bits per heavy atom. The average Bonchev–Trinajstić information content (AvgIpc) is 3.09. The zero-order valence-corrected chi connectivity index (χ0v) is 16.9. The van der Waals surface area contributed by atoms with Gasteiger partial charge in [-0.25, -0.2) is 14.4 Å². The van der Waals surface area contributed by atoms with Gasteiger partial charge in [0.2, 0.25) is 0 Å².